The van der Waals surface area contributed by atoms with Crippen molar-refractivity contribution in [2.24, 2.45) is 0 Å². The molecule has 7 heteroatoms. The average molecular weight is 360 g/mol. The fourth-order valence-corrected chi connectivity index (χ4v) is 2.91. The van der Waals surface area contributed by atoms with Crippen molar-refractivity contribution in [2.75, 3.05) is 6.61 Å². The van der Waals surface area contributed by atoms with Gasteiger partial charge in [-0.25, -0.2) is 4.57 Å². The van der Waals surface area contributed by atoms with Gasteiger partial charge in [0, 0.05) is 0 Å². The smallest absolute Gasteiger partial charge is 0.395 e. The fraction of sp³-hybridized carbons (Fsp3) is 0.111. The molecule has 0 fully saturated rings. The highest BCUT2D eigenvalue weighted by atomic mass is 31.2. The third-order valence-electron chi connectivity index (χ3n) is 2.92. The fourth-order valence-electron chi connectivity index (χ4n) is 1.73. The maximum absolute atomic E-state index is 12.9. The van der Waals surface area contributed by atoms with E-state index >= 15 is 0 Å². The summed E-state index contributed by atoms with van der Waals surface area (Å²) in [6.07, 6.45) is 0. The summed E-state index contributed by atoms with van der Waals surface area (Å²) in [4.78, 5) is 23.3. The molecule has 0 aliphatic heterocycles. The minimum absolute atomic E-state index is 0.0661. The van der Waals surface area contributed by atoms with Crippen molar-refractivity contribution in [3.05, 3.63) is 72.8 Å². The van der Waals surface area contributed by atoms with Crippen molar-refractivity contribution in [3.8, 4) is 11.5 Å². The summed E-state index contributed by atoms with van der Waals surface area (Å²) in [5.41, 5.74) is 0.0661. The Morgan fingerprint density at radius 1 is 0.920 bits per heavy atom. The van der Waals surface area contributed by atoms with Gasteiger partial charge >= 0.3 is 7.82 Å². The first-order valence-corrected chi connectivity index (χ1v) is 8.82. The summed E-state index contributed by atoms with van der Waals surface area (Å²) in [5.74, 6) is -1.21. The van der Waals surface area contributed by atoms with Crippen LogP contribution in [0.3, 0.4) is 0 Å². The number of phosphoric acid groups is 1. The van der Waals surface area contributed by atoms with Crippen LogP contribution in [-0.2, 0) is 18.7 Å². The van der Waals surface area contributed by atoms with Gasteiger partial charge in [0.2, 0.25) is 11.6 Å². The Bertz CT molecular complexity index is 755. The van der Waals surface area contributed by atoms with Gasteiger partial charge in [-0.3, -0.25) is 14.1 Å². The molecule has 0 heterocycles. The van der Waals surface area contributed by atoms with E-state index < -0.39 is 26.0 Å². The van der Waals surface area contributed by atoms with E-state index in [1.54, 1.807) is 60.7 Å². The second-order valence-corrected chi connectivity index (χ2v) is 6.58. The van der Waals surface area contributed by atoms with Crippen molar-refractivity contribution < 1.29 is 27.7 Å². The quantitative estimate of drug-likeness (QED) is 0.382. The highest BCUT2D eigenvalue weighted by molar-refractivity contribution is 7.49. The zero-order chi connectivity index (χ0) is 18.3. The Morgan fingerprint density at radius 3 is 1.76 bits per heavy atom. The third-order valence-corrected chi connectivity index (χ3v) is 4.23. The Kier molecular flexibility index (Phi) is 6.28. The van der Waals surface area contributed by atoms with Gasteiger partial charge in [0.1, 0.15) is 18.1 Å². The molecule has 0 aliphatic rings. The summed E-state index contributed by atoms with van der Waals surface area (Å²) in [6.45, 7) is 4.05. The second kappa shape index (κ2) is 8.42. The lowest BCUT2D eigenvalue weighted by Crippen LogP contribution is -2.21. The first-order chi connectivity index (χ1) is 11.9. The normalized spacial score (nSPS) is 10.8. The van der Waals surface area contributed by atoms with Crippen LogP contribution in [-0.4, -0.2) is 18.2 Å². The van der Waals surface area contributed by atoms with E-state index in [-0.39, 0.29) is 17.1 Å². The van der Waals surface area contributed by atoms with Gasteiger partial charge in [-0.2, -0.15) is 0 Å². The lowest BCUT2D eigenvalue weighted by Gasteiger charge is -2.18. The molecule has 6 nitrogen and oxygen atoms in total. The molecule has 0 N–H and O–H groups in total. The highest BCUT2D eigenvalue weighted by Gasteiger charge is 2.33. The average Bonchev–Trinajstić information content (AvgIpc) is 2.60. The number of hydrogen-bond acceptors (Lipinski definition) is 6. The minimum atomic E-state index is -4.19. The van der Waals surface area contributed by atoms with E-state index in [1.807, 2.05) is 0 Å². The first-order valence-electron chi connectivity index (χ1n) is 7.36. The summed E-state index contributed by atoms with van der Waals surface area (Å²) >= 11 is 0. The van der Waals surface area contributed by atoms with Crippen LogP contribution in [0, 0.1) is 0 Å². The van der Waals surface area contributed by atoms with Crippen LogP contribution < -0.4 is 9.05 Å². The van der Waals surface area contributed by atoms with E-state index in [0.29, 0.717) is 0 Å². The van der Waals surface area contributed by atoms with Crippen molar-refractivity contribution in [1.29, 1.82) is 0 Å². The number of phosphoric ester groups is 1. The van der Waals surface area contributed by atoms with E-state index in [4.69, 9.17) is 13.6 Å². The molecule has 0 spiro atoms. The summed E-state index contributed by atoms with van der Waals surface area (Å²) in [6, 6.07) is 16.5. The van der Waals surface area contributed by atoms with Gasteiger partial charge in [0.05, 0.1) is 0 Å². The SMILES string of the molecule is C=C(C)C(=O)C(=O)COP(=O)(Oc1ccccc1)Oc1ccccc1. The Hall–Kier alpha value is -2.69. The van der Waals surface area contributed by atoms with E-state index in [9.17, 15) is 14.2 Å². The largest absolute Gasteiger partial charge is 0.588 e. The van der Waals surface area contributed by atoms with Crippen LogP contribution in [0.5, 0.6) is 11.5 Å². The van der Waals surface area contributed by atoms with Crippen LogP contribution >= 0.6 is 7.82 Å². The number of ketones is 2. The molecule has 0 amide bonds. The molecule has 0 aliphatic carbocycles. The number of hydrogen-bond donors (Lipinski definition) is 0. The molecule has 0 bridgehead atoms. The standard InChI is InChI=1S/C18H17O6P/c1-14(2)18(20)17(19)13-22-25(21,23-15-9-5-3-6-10-15)24-16-11-7-4-8-12-16/h3-12H,1,13H2,2H3. The molecule has 0 aromatic heterocycles. The van der Waals surface area contributed by atoms with Crippen LogP contribution in [0.4, 0.5) is 0 Å². The molecule has 2 aromatic carbocycles. The van der Waals surface area contributed by atoms with Gasteiger partial charge in [0.25, 0.3) is 0 Å². The molecule has 2 rings (SSSR count). The summed E-state index contributed by atoms with van der Waals surface area (Å²) < 4.78 is 28.6. The maximum atomic E-state index is 12.9. The Morgan fingerprint density at radius 2 is 1.36 bits per heavy atom. The predicted molar refractivity (Wildman–Crippen MR) is 92.5 cm³/mol. The molecule has 25 heavy (non-hydrogen) atoms. The number of para-hydroxylation sites is 2. The predicted octanol–water partition coefficient (Wildman–Crippen LogP) is 3.98. The monoisotopic (exact) mass is 360 g/mol. The topological polar surface area (TPSA) is 78.9 Å². The minimum Gasteiger partial charge on any atom is -0.395 e. The lowest BCUT2D eigenvalue weighted by atomic mass is 10.1. The van der Waals surface area contributed by atoms with E-state index in [0.717, 1.165) is 0 Å². The number of Topliss-reactive ketones (excluding diaryl/α,β-unsaturated/α-hetero) is 2. The highest BCUT2D eigenvalue weighted by Crippen LogP contribution is 2.49. The molecule has 130 valence electrons. The van der Waals surface area contributed by atoms with E-state index in [1.165, 1.54) is 6.92 Å². The van der Waals surface area contributed by atoms with Crippen LogP contribution in [0.25, 0.3) is 0 Å². The van der Waals surface area contributed by atoms with Crippen LogP contribution in [0.1, 0.15) is 6.92 Å². The Balaban J connectivity index is 2.16. The zero-order valence-electron chi connectivity index (χ0n) is 13.6. The number of rotatable bonds is 9. The lowest BCUT2D eigenvalue weighted by molar-refractivity contribution is -0.135. The first kappa shape index (κ1) is 18.6. The van der Waals surface area contributed by atoms with Crippen molar-refractivity contribution in [3.63, 3.8) is 0 Å². The Labute approximate surface area is 145 Å². The number of carbonyl (C=O) groups is 2. The van der Waals surface area contributed by atoms with Gasteiger partial charge in [-0.15, -0.1) is 0 Å². The molecule has 0 saturated carbocycles. The molecule has 0 atom stereocenters. The molecule has 0 radical (unpaired) electrons. The van der Waals surface area contributed by atoms with Gasteiger partial charge < -0.3 is 9.05 Å². The summed E-state index contributed by atoms with van der Waals surface area (Å²) in [7, 11) is -4.19. The number of carbonyl (C=O) groups excluding carboxylic acids is 2. The van der Waals surface area contributed by atoms with Crippen LogP contribution in [0.2, 0.25) is 0 Å². The van der Waals surface area contributed by atoms with Crippen molar-refractivity contribution >= 4 is 19.4 Å². The number of benzene rings is 2. The van der Waals surface area contributed by atoms with Crippen LogP contribution in [0.15, 0.2) is 72.8 Å². The van der Waals surface area contributed by atoms with Crippen molar-refractivity contribution in [2.45, 2.75) is 6.92 Å². The zero-order valence-corrected chi connectivity index (χ0v) is 14.5. The number of allylic oxidation sites excluding steroid dienone is 1. The van der Waals surface area contributed by atoms with Gasteiger partial charge in [0.15, 0.2) is 0 Å². The second-order valence-electron chi connectivity index (χ2n) is 5.06. The van der Waals surface area contributed by atoms with Gasteiger partial charge in [-0.1, -0.05) is 43.0 Å². The molecular weight excluding hydrogens is 343 g/mol. The van der Waals surface area contributed by atoms with Crippen molar-refractivity contribution in [1.82, 2.24) is 0 Å². The summed E-state index contributed by atoms with van der Waals surface area (Å²) in [5, 5.41) is 0. The van der Waals surface area contributed by atoms with Gasteiger partial charge in [-0.05, 0) is 36.8 Å². The third kappa shape index (κ3) is 5.71. The maximum Gasteiger partial charge on any atom is 0.588 e. The molecular formula is C18H17O6P. The molecule has 0 unspecified atom stereocenters. The molecule has 0 saturated heterocycles. The molecule has 2 aromatic rings. The van der Waals surface area contributed by atoms with E-state index in [2.05, 4.69) is 6.58 Å².